The Kier molecular flexibility index (Phi) is 3.21. The van der Waals surface area contributed by atoms with Crippen molar-refractivity contribution in [1.29, 1.82) is 0 Å². The standard InChI is InChI=1S/C14H15NO4/c16-15(17)12-9-11-3-1-2-4-13(11)19-14(12)10-5-7-18-8-6-10/h1-4,9-10,14H,5-8H2. The summed E-state index contributed by atoms with van der Waals surface area (Å²) in [5, 5.41) is 11.2. The van der Waals surface area contributed by atoms with Crippen LogP contribution in [0.4, 0.5) is 0 Å². The van der Waals surface area contributed by atoms with Gasteiger partial charge in [0.2, 0.25) is 0 Å². The van der Waals surface area contributed by atoms with Crippen molar-refractivity contribution in [3.63, 3.8) is 0 Å². The third kappa shape index (κ3) is 2.33. The molecule has 1 atom stereocenters. The lowest BCUT2D eigenvalue weighted by Gasteiger charge is -2.31. The minimum atomic E-state index is -0.464. The Morgan fingerprint density at radius 3 is 2.68 bits per heavy atom. The molecule has 1 aromatic rings. The number of benzene rings is 1. The van der Waals surface area contributed by atoms with E-state index in [2.05, 4.69) is 0 Å². The second-order valence-corrected chi connectivity index (χ2v) is 4.85. The van der Waals surface area contributed by atoms with E-state index in [-0.39, 0.29) is 16.5 Å². The van der Waals surface area contributed by atoms with E-state index in [9.17, 15) is 10.1 Å². The first-order valence-corrected chi connectivity index (χ1v) is 6.45. The molecule has 0 spiro atoms. The van der Waals surface area contributed by atoms with Gasteiger partial charge in [-0.15, -0.1) is 0 Å². The van der Waals surface area contributed by atoms with E-state index in [4.69, 9.17) is 9.47 Å². The monoisotopic (exact) mass is 261 g/mol. The van der Waals surface area contributed by atoms with E-state index < -0.39 is 6.10 Å². The average Bonchev–Trinajstić information content (AvgIpc) is 2.46. The van der Waals surface area contributed by atoms with E-state index >= 15 is 0 Å². The molecule has 1 unspecified atom stereocenters. The number of ether oxygens (including phenoxy) is 2. The van der Waals surface area contributed by atoms with Crippen LogP contribution >= 0.6 is 0 Å². The van der Waals surface area contributed by atoms with Gasteiger partial charge in [-0.25, -0.2) is 0 Å². The van der Waals surface area contributed by atoms with Gasteiger partial charge in [-0.05, 0) is 18.9 Å². The van der Waals surface area contributed by atoms with Crippen LogP contribution in [-0.4, -0.2) is 24.2 Å². The van der Waals surface area contributed by atoms with Gasteiger partial charge in [-0.3, -0.25) is 10.1 Å². The fourth-order valence-electron chi connectivity index (χ4n) is 2.66. The topological polar surface area (TPSA) is 61.6 Å². The molecule has 0 aromatic heterocycles. The summed E-state index contributed by atoms with van der Waals surface area (Å²) < 4.78 is 11.2. The summed E-state index contributed by atoms with van der Waals surface area (Å²) in [5.41, 5.74) is 0.933. The Bertz CT molecular complexity index is 520. The zero-order valence-corrected chi connectivity index (χ0v) is 10.5. The first kappa shape index (κ1) is 12.2. The van der Waals surface area contributed by atoms with Crippen molar-refractivity contribution in [2.45, 2.75) is 18.9 Å². The van der Waals surface area contributed by atoms with Crippen molar-refractivity contribution < 1.29 is 14.4 Å². The van der Waals surface area contributed by atoms with Crippen molar-refractivity contribution in [1.82, 2.24) is 0 Å². The molecule has 19 heavy (non-hydrogen) atoms. The number of para-hydroxylation sites is 1. The number of rotatable bonds is 2. The van der Waals surface area contributed by atoms with Crippen LogP contribution in [0.25, 0.3) is 6.08 Å². The van der Waals surface area contributed by atoms with E-state index in [0.29, 0.717) is 13.2 Å². The van der Waals surface area contributed by atoms with Crippen LogP contribution < -0.4 is 4.74 Å². The second-order valence-electron chi connectivity index (χ2n) is 4.85. The largest absolute Gasteiger partial charge is 0.478 e. The van der Waals surface area contributed by atoms with E-state index in [0.717, 1.165) is 24.2 Å². The molecule has 3 rings (SSSR count). The quantitative estimate of drug-likeness (QED) is 0.606. The molecular formula is C14H15NO4. The van der Waals surface area contributed by atoms with E-state index in [1.54, 1.807) is 6.08 Å². The van der Waals surface area contributed by atoms with Crippen LogP contribution in [-0.2, 0) is 4.74 Å². The summed E-state index contributed by atoms with van der Waals surface area (Å²) >= 11 is 0. The van der Waals surface area contributed by atoms with Gasteiger partial charge in [0, 0.05) is 30.8 Å². The zero-order chi connectivity index (χ0) is 13.2. The van der Waals surface area contributed by atoms with E-state index in [1.807, 2.05) is 24.3 Å². The fourth-order valence-corrected chi connectivity index (χ4v) is 2.66. The van der Waals surface area contributed by atoms with Gasteiger partial charge in [-0.2, -0.15) is 0 Å². The number of fused-ring (bicyclic) bond motifs is 1. The number of hydrogen-bond donors (Lipinski definition) is 0. The SMILES string of the molecule is O=[N+]([O-])C1=Cc2ccccc2OC1C1CCOCC1. The third-order valence-corrected chi connectivity index (χ3v) is 3.67. The van der Waals surface area contributed by atoms with Gasteiger partial charge in [0.15, 0.2) is 6.10 Å². The normalized spacial score (nSPS) is 23.2. The molecule has 0 radical (unpaired) electrons. The molecule has 0 amide bonds. The van der Waals surface area contributed by atoms with Gasteiger partial charge in [0.05, 0.1) is 4.92 Å². The van der Waals surface area contributed by atoms with Crippen LogP contribution in [0.2, 0.25) is 0 Å². The molecule has 1 saturated heterocycles. The number of hydrogen-bond acceptors (Lipinski definition) is 4. The molecule has 0 aliphatic carbocycles. The molecule has 1 fully saturated rings. The summed E-state index contributed by atoms with van der Waals surface area (Å²) in [5.74, 6) is 0.878. The predicted molar refractivity (Wildman–Crippen MR) is 69.4 cm³/mol. The molecule has 5 nitrogen and oxygen atoms in total. The first-order valence-electron chi connectivity index (χ1n) is 6.45. The lowest BCUT2D eigenvalue weighted by atomic mass is 9.90. The van der Waals surface area contributed by atoms with Crippen molar-refractivity contribution in [2.24, 2.45) is 5.92 Å². The molecule has 0 bridgehead atoms. The smallest absolute Gasteiger partial charge is 0.287 e. The Hall–Kier alpha value is -1.88. The highest BCUT2D eigenvalue weighted by molar-refractivity contribution is 5.61. The van der Waals surface area contributed by atoms with Gasteiger partial charge >= 0.3 is 0 Å². The Balaban J connectivity index is 1.94. The molecule has 0 N–H and O–H groups in total. The third-order valence-electron chi connectivity index (χ3n) is 3.67. The number of nitrogens with zero attached hydrogens (tertiary/aromatic N) is 1. The lowest BCUT2D eigenvalue weighted by molar-refractivity contribution is -0.435. The van der Waals surface area contributed by atoms with Crippen LogP contribution in [0.1, 0.15) is 18.4 Å². The maximum absolute atomic E-state index is 11.2. The van der Waals surface area contributed by atoms with Crippen molar-refractivity contribution in [3.05, 3.63) is 45.6 Å². The zero-order valence-electron chi connectivity index (χ0n) is 10.5. The summed E-state index contributed by atoms with van der Waals surface area (Å²) in [4.78, 5) is 10.9. The molecule has 5 heteroatoms. The van der Waals surface area contributed by atoms with Crippen molar-refractivity contribution in [2.75, 3.05) is 13.2 Å². The molecule has 2 aliphatic heterocycles. The Morgan fingerprint density at radius 2 is 1.95 bits per heavy atom. The minimum Gasteiger partial charge on any atom is -0.478 e. The molecule has 2 heterocycles. The average molecular weight is 261 g/mol. The van der Waals surface area contributed by atoms with Crippen LogP contribution in [0.5, 0.6) is 5.75 Å². The van der Waals surface area contributed by atoms with Gasteiger partial charge in [-0.1, -0.05) is 18.2 Å². The minimum absolute atomic E-state index is 0.152. The first-order chi connectivity index (χ1) is 9.25. The highest BCUT2D eigenvalue weighted by Gasteiger charge is 2.38. The fraction of sp³-hybridized carbons (Fsp3) is 0.429. The summed E-state index contributed by atoms with van der Waals surface area (Å²) in [6.45, 7) is 1.30. The van der Waals surface area contributed by atoms with Crippen LogP contribution in [0.15, 0.2) is 30.0 Å². The molecule has 0 saturated carbocycles. The maximum atomic E-state index is 11.2. The van der Waals surface area contributed by atoms with Gasteiger partial charge in [0.25, 0.3) is 5.70 Å². The summed E-state index contributed by atoms with van der Waals surface area (Å²) in [6, 6.07) is 7.42. The highest BCUT2D eigenvalue weighted by atomic mass is 16.6. The molecule has 100 valence electrons. The summed E-state index contributed by atoms with van der Waals surface area (Å²) in [7, 11) is 0. The maximum Gasteiger partial charge on any atom is 0.287 e. The molecule has 1 aromatic carbocycles. The second kappa shape index (κ2) is 5.01. The molecule has 2 aliphatic rings. The van der Waals surface area contributed by atoms with Crippen molar-refractivity contribution in [3.8, 4) is 5.75 Å². The predicted octanol–water partition coefficient (Wildman–Crippen LogP) is 2.49. The van der Waals surface area contributed by atoms with Gasteiger partial charge in [0.1, 0.15) is 5.75 Å². The van der Waals surface area contributed by atoms with Crippen LogP contribution in [0.3, 0.4) is 0 Å². The Morgan fingerprint density at radius 1 is 1.21 bits per heavy atom. The van der Waals surface area contributed by atoms with Crippen molar-refractivity contribution >= 4 is 6.08 Å². The summed E-state index contributed by atoms with van der Waals surface area (Å²) in [6.07, 6.45) is 2.78. The van der Waals surface area contributed by atoms with E-state index in [1.165, 1.54) is 0 Å². The Labute approximate surface area is 111 Å². The molecular weight excluding hydrogens is 246 g/mol. The lowest BCUT2D eigenvalue weighted by Crippen LogP contribution is -2.37. The number of nitro groups is 1. The highest BCUT2D eigenvalue weighted by Crippen LogP contribution is 2.35. The van der Waals surface area contributed by atoms with Gasteiger partial charge < -0.3 is 9.47 Å². The van der Waals surface area contributed by atoms with Crippen LogP contribution in [0, 0.1) is 16.0 Å².